The summed E-state index contributed by atoms with van der Waals surface area (Å²) < 4.78 is 36.7. The minimum atomic E-state index is -1.54. The summed E-state index contributed by atoms with van der Waals surface area (Å²) >= 11 is 0. The van der Waals surface area contributed by atoms with E-state index in [2.05, 4.69) is 33.8 Å². The van der Waals surface area contributed by atoms with E-state index in [-0.39, 0.29) is 53.9 Å². The predicted molar refractivity (Wildman–Crippen MR) is 223 cm³/mol. The third kappa shape index (κ3) is 8.64. The highest BCUT2D eigenvalue weighted by molar-refractivity contribution is 5.89. The standard InChI is InChI=1S/C48H70O13/c1-25(2)9-16-36(50)28(5)48(55)39(22-35-33-15-14-31-21-32(58-29(6)49)17-19-46(31,7)34(33)18-20-47(35,48)8)59-44-27(4)41(38(52)24-56-44)61-45-42(40(53)37(51)23-57-45)60-43(54)30-12-10-26(3)11-13-30/h10-14,25,27-28,32-35,37-42,44-45,51-53,55H,9,15-24H2,1-8H3/t27?,28-,32+,33-,34?,35+,37?,38?,39+,40?,41?,42?,44?,45?,46+,47+,48-/m1/s1. The number of fused-ring (bicyclic) bond motifs is 5. The normalized spacial score (nSPS) is 42.7. The lowest BCUT2D eigenvalue weighted by Gasteiger charge is -2.59. The summed E-state index contributed by atoms with van der Waals surface area (Å²) in [7, 11) is 0. The van der Waals surface area contributed by atoms with Crippen LogP contribution in [0.15, 0.2) is 35.9 Å². The van der Waals surface area contributed by atoms with E-state index in [1.165, 1.54) is 12.5 Å². The summed E-state index contributed by atoms with van der Waals surface area (Å²) in [6.07, 6.45) is -0.807. The van der Waals surface area contributed by atoms with Crippen molar-refractivity contribution in [2.75, 3.05) is 13.2 Å². The molecule has 3 saturated carbocycles. The minimum absolute atomic E-state index is 0.00559. The molecule has 7 rings (SSSR count). The number of carbonyl (C=O) groups excluding carboxylic acids is 3. The topological polar surface area (TPSA) is 188 Å². The number of aliphatic hydroxyl groups excluding tert-OH is 3. The maximum absolute atomic E-state index is 14.1. The van der Waals surface area contributed by atoms with Gasteiger partial charge < -0.3 is 48.8 Å². The molecule has 340 valence electrons. The molecule has 0 radical (unpaired) electrons. The van der Waals surface area contributed by atoms with Gasteiger partial charge in [0.2, 0.25) is 0 Å². The summed E-state index contributed by atoms with van der Waals surface area (Å²) in [4.78, 5) is 39.2. The van der Waals surface area contributed by atoms with Crippen LogP contribution in [0.4, 0.5) is 0 Å². The molecule has 2 aliphatic heterocycles. The quantitative estimate of drug-likeness (QED) is 0.151. The Labute approximate surface area is 360 Å². The van der Waals surface area contributed by atoms with Crippen molar-refractivity contribution in [3.05, 3.63) is 47.0 Å². The van der Waals surface area contributed by atoms with Crippen molar-refractivity contribution in [1.82, 2.24) is 0 Å². The van der Waals surface area contributed by atoms with E-state index < -0.39 is 78.0 Å². The van der Waals surface area contributed by atoms with E-state index in [4.69, 9.17) is 28.4 Å². The van der Waals surface area contributed by atoms with Gasteiger partial charge in [0.1, 0.15) is 35.8 Å². The molecule has 5 fully saturated rings. The molecular formula is C48H70O13. The van der Waals surface area contributed by atoms with Crippen LogP contribution in [0.3, 0.4) is 0 Å². The van der Waals surface area contributed by atoms with Gasteiger partial charge in [-0.2, -0.15) is 0 Å². The van der Waals surface area contributed by atoms with E-state index in [0.717, 1.165) is 37.7 Å². The van der Waals surface area contributed by atoms with Crippen LogP contribution in [0.1, 0.15) is 122 Å². The van der Waals surface area contributed by atoms with Gasteiger partial charge in [-0.3, -0.25) is 9.59 Å². The summed E-state index contributed by atoms with van der Waals surface area (Å²) in [5, 5.41) is 46.3. The van der Waals surface area contributed by atoms with E-state index in [0.29, 0.717) is 37.5 Å². The highest BCUT2D eigenvalue weighted by Gasteiger charge is 2.70. The molecule has 0 aromatic heterocycles. The van der Waals surface area contributed by atoms with Crippen LogP contribution in [0.25, 0.3) is 0 Å². The molecule has 1 aromatic rings. The van der Waals surface area contributed by atoms with Crippen molar-refractivity contribution in [2.45, 2.75) is 174 Å². The molecule has 2 saturated heterocycles. The van der Waals surface area contributed by atoms with E-state index >= 15 is 0 Å². The third-order valence-corrected chi connectivity index (χ3v) is 16.1. The number of rotatable bonds is 12. The monoisotopic (exact) mass is 854 g/mol. The molecular weight excluding hydrogens is 785 g/mol. The summed E-state index contributed by atoms with van der Waals surface area (Å²) in [6.45, 7) is 15.2. The zero-order chi connectivity index (χ0) is 44.2. The number of Topliss-reactive ketones (excluding diaryl/α,β-unsaturated/α-hetero) is 1. The lowest BCUT2D eigenvalue weighted by molar-refractivity contribution is -0.333. The van der Waals surface area contributed by atoms with Crippen molar-refractivity contribution in [1.29, 1.82) is 0 Å². The molecule has 6 aliphatic rings. The van der Waals surface area contributed by atoms with Gasteiger partial charge in [0.15, 0.2) is 18.7 Å². The highest BCUT2D eigenvalue weighted by atomic mass is 16.7. The first-order valence-corrected chi connectivity index (χ1v) is 22.8. The van der Waals surface area contributed by atoms with Crippen molar-refractivity contribution < 1.29 is 63.2 Å². The van der Waals surface area contributed by atoms with Gasteiger partial charge in [-0.25, -0.2) is 4.79 Å². The molecule has 4 N–H and O–H groups in total. The van der Waals surface area contributed by atoms with Crippen LogP contribution >= 0.6 is 0 Å². The Bertz CT molecular complexity index is 1780. The second-order valence-corrected chi connectivity index (χ2v) is 20.2. The number of ketones is 1. The smallest absolute Gasteiger partial charge is 0.338 e. The predicted octanol–water partition coefficient (Wildman–Crippen LogP) is 5.60. The number of aryl methyl sites for hydroxylation is 1. The Kier molecular flexibility index (Phi) is 13.7. The lowest BCUT2D eigenvalue weighted by atomic mass is 9.46. The van der Waals surface area contributed by atoms with Crippen LogP contribution in [0, 0.1) is 53.3 Å². The number of benzene rings is 1. The maximum atomic E-state index is 14.1. The van der Waals surface area contributed by atoms with Crippen LogP contribution in [0.2, 0.25) is 0 Å². The van der Waals surface area contributed by atoms with Gasteiger partial charge in [0.05, 0.1) is 31.0 Å². The molecule has 61 heavy (non-hydrogen) atoms. The van der Waals surface area contributed by atoms with Gasteiger partial charge >= 0.3 is 11.9 Å². The molecule has 17 atom stereocenters. The average Bonchev–Trinajstić information content (AvgIpc) is 3.44. The Morgan fingerprint density at radius 2 is 1.57 bits per heavy atom. The second-order valence-electron chi connectivity index (χ2n) is 20.2. The molecule has 13 heteroatoms. The molecule has 2 heterocycles. The van der Waals surface area contributed by atoms with Gasteiger partial charge in [0, 0.05) is 37.0 Å². The molecule has 1 aromatic carbocycles. The van der Waals surface area contributed by atoms with Crippen molar-refractivity contribution in [3.63, 3.8) is 0 Å². The first kappa shape index (κ1) is 46.2. The fraction of sp³-hybridized carbons (Fsp3) is 0.771. The number of ether oxygens (including phenoxy) is 6. The molecule has 0 amide bonds. The van der Waals surface area contributed by atoms with E-state index in [1.807, 2.05) is 13.8 Å². The third-order valence-electron chi connectivity index (χ3n) is 16.1. The Morgan fingerprint density at radius 1 is 0.885 bits per heavy atom. The van der Waals surface area contributed by atoms with Crippen molar-refractivity contribution in [2.24, 2.45) is 46.3 Å². The largest absolute Gasteiger partial charge is 0.462 e. The van der Waals surface area contributed by atoms with Crippen LogP contribution in [-0.2, 0) is 38.0 Å². The first-order chi connectivity index (χ1) is 28.8. The van der Waals surface area contributed by atoms with E-state index in [1.54, 1.807) is 31.2 Å². The SMILES string of the molecule is CC(=O)O[C@H]1CC[C@@]2(C)C(=CC[C@@H]3C2CC[C@@]2(C)[C@H]3C[C@H](OC3OCC(O)C(OC4OCC(O)C(O)C4OC(=O)c4ccc(C)cc4)C3C)[C@]2(O)[C@H](C)C(=O)CCC(C)C)C1. The fourth-order valence-electron chi connectivity index (χ4n) is 12.3. The van der Waals surface area contributed by atoms with Crippen molar-refractivity contribution >= 4 is 17.7 Å². The van der Waals surface area contributed by atoms with Gasteiger partial charge in [-0.15, -0.1) is 0 Å². The lowest BCUT2D eigenvalue weighted by Crippen LogP contribution is -2.62. The van der Waals surface area contributed by atoms with Gasteiger partial charge in [0.25, 0.3) is 0 Å². The first-order valence-electron chi connectivity index (χ1n) is 22.8. The Morgan fingerprint density at radius 3 is 2.26 bits per heavy atom. The number of hydrogen-bond acceptors (Lipinski definition) is 13. The molecule has 9 unspecified atom stereocenters. The summed E-state index contributed by atoms with van der Waals surface area (Å²) in [5.41, 5.74) is 0.303. The van der Waals surface area contributed by atoms with Crippen LogP contribution in [-0.4, -0.2) is 112 Å². The van der Waals surface area contributed by atoms with E-state index in [9.17, 15) is 34.8 Å². The van der Waals surface area contributed by atoms with Gasteiger partial charge in [-0.1, -0.05) is 70.9 Å². The van der Waals surface area contributed by atoms with Crippen molar-refractivity contribution in [3.8, 4) is 0 Å². The molecule has 13 nitrogen and oxygen atoms in total. The number of allylic oxidation sites excluding steroid dienone is 1. The Hall–Kier alpha value is -2.75. The van der Waals surface area contributed by atoms with Gasteiger partial charge in [-0.05, 0) is 93.1 Å². The summed E-state index contributed by atoms with van der Waals surface area (Å²) in [5.74, 6) is -1.41. The average molecular weight is 855 g/mol. The number of esters is 2. The molecule has 0 bridgehead atoms. The number of aliphatic hydroxyl groups is 4. The molecule has 0 spiro atoms. The fourth-order valence-corrected chi connectivity index (χ4v) is 12.3. The number of hydrogen-bond donors (Lipinski definition) is 4. The second kappa shape index (κ2) is 18.0. The highest BCUT2D eigenvalue weighted by Crippen LogP contribution is 2.69. The summed E-state index contributed by atoms with van der Waals surface area (Å²) in [6, 6.07) is 6.73. The van der Waals surface area contributed by atoms with Crippen LogP contribution in [0.5, 0.6) is 0 Å². The minimum Gasteiger partial charge on any atom is -0.462 e. The Balaban J connectivity index is 1.14. The van der Waals surface area contributed by atoms with Crippen LogP contribution < -0.4 is 0 Å². The molecule has 4 aliphatic carbocycles. The zero-order valence-electron chi connectivity index (χ0n) is 37.3. The maximum Gasteiger partial charge on any atom is 0.338 e. The zero-order valence-corrected chi connectivity index (χ0v) is 37.3. The number of carbonyl (C=O) groups is 3.